The van der Waals surface area contributed by atoms with Crippen LogP contribution in [-0.2, 0) is 0 Å². The van der Waals surface area contributed by atoms with Crippen molar-refractivity contribution < 1.29 is 5.11 Å². The third kappa shape index (κ3) is 1.06. The molecule has 0 saturated heterocycles. The van der Waals surface area contributed by atoms with Gasteiger partial charge in [-0.05, 0) is 22.3 Å². The van der Waals surface area contributed by atoms with E-state index >= 15 is 0 Å². The van der Waals surface area contributed by atoms with Gasteiger partial charge in [0.1, 0.15) is 6.10 Å². The fourth-order valence-corrected chi connectivity index (χ4v) is 1.90. The van der Waals surface area contributed by atoms with Crippen LogP contribution in [0, 0.1) is 0 Å². The first-order chi connectivity index (χ1) is 6.79. The van der Waals surface area contributed by atoms with Gasteiger partial charge < -0.3 is 5.11 Å². The van der Waals surface area contributed by atoms with E-state index in [0.29, 0.717) is 0 Å². The Kier molecular flexibility index (Phi) is 2.10. The molecule has 1 aliphatic carbocycles. The van der Waals surface area contributed by atoms with Crippen molar-refractivity contribution in [3.8, 4) is 0 Å². The maximum atomic E-state index is 9.97. The molecule has 1 N–H and O–H groups in total. The zero-order chi connectivity index (χ0) is 10.1. The van der Waals surface area contributed by atoms with Crippen molar-refractivity contribution in [1.82, 2.24) is 0 Å². The third-order valence-electron chi connectivity index (χ3n) is 2.58. The second-order valence-corrected chi connectivity index (χ2v) is 3.27. The van der Waals surface area contributed by atoms with Gasteiger partial charge in [-0.25, -0.2) is 0 Å². The normalized spacial score (nSPS) is 19.4. The Bertz CT molecular complexity index is 427. The molecule has 0 fully saturated rings. The molecular weight excluding hydrogens is 172 g/mol. The van der Waals surface area contributed by atoms with Gasteiger partial charge in [-0.2, -0.15) is 0 Å². The van der Waals surface area contributed by atoms with Crippen molar-refractivity contribution in [3.05, 3.63) is 66.3 Å². The number of hydrogen-bond acceptors (Lipinski definition) is 1. The molecule has 1 aliphatic rings. The zero-order valence-corrected chi connectivity index (χ0v) is 7.90. The van der Waals surface area contributed by atoms with Crippen LogP contribution < -0.4 is 0 Å². The Balaban J connectivity index is 2.68. The standard InChI is InChI=1S/C13H12O/c1-3-9-10(4-2)13(14)12-8-6-5-7-11(9)12/h3-8,13-14H,1-2H2. The quantitative estimate of drug-likeness (QED) is 0.749. The number of fused-ring (bicyclic) bond motifs is 1. The Morgan fingerprint density at radius 2 is 1.86 bits per heavy atom. The molecule has 0 heterocycles. The monoisotopic (exact) mass is 184 g/mol. The molecule has 1 aromatic carbocycles. The summed E-state index contributed by atoms with van der Waals surface area (Å²) in [6.45, 7) is 7.47. The summed E-state index contributed by atoms with van der Waals surface area (Å²) >= 11 is 0. The molecule has 70 valence electrons. The first-order valence-corrected chi connectivity index (χ1v) is 4.56. The molecule has 0 radical (unpaired) electrons. The van der Waals surface area contributed by atoms with Gasteiger partial charge >= 0.3 is 0 Å². The van der Waals surface area contributed by atoms with Crippen molar-refractivity contribution in [2.45, 2.75) is 6.10 Å². The minimum absolute atomic E-state index is 0.545. The highest BCUT2D eigenvalue weighted by Gasteiger charge is 2.25. The molecule has 0 bridgehead atoms. The number of allylic oxidation sites excluding steroid dienone is 2. The van der Waals surface area contributed by atoms with E-state index in [9.17, 15) is 5.11 Å². The molecule has 1 aromatic rings. The molecule has 0 amide bonds. The van der Waals surface area contributed by atoms with Crippen LogP contribution in [0.4, 0.5) is 0 Å². The van der Waals surface area contributed by atoms with Crippen LogP contribution in [0.3, 0.4) is 0 Å². The lowest BCUT2D eigenvalue weighted by molar-refractivity contribution is 0.223. The summed E-state index contributed by atoms with van der Waals surface area (Å²) in [5.41, 5.74) is 3.84. The predicted octanol–water partition coefficient (Wildman–Crippen LogP) is 2.86. The van der Waals surface area contributed by atoms with Gasteiger partial charge in [-0.1, -0.05) is 49.6 Å². The van der Waals surface area contributed by atoms with Gasteiger partial charge in [0, 0.05) is 0 Å². The van der Waals surface area contributed by atoms with Crippen molar-refractivity contribution in [2.24, 2.45) is 0 Å². The van der Waals surface area contributed by atoms with E-state index in [4.69, 9.17) is 0 Å². The first-order valence-electron chi connectivity index (χ1n) is 4.56. The molecular formula is C13H12O. The summed E-state index contributed by atoms with van der Waals surface area (Å²) in [4.78, 5) is 0. The molecule has 2 rings (SSSR count). The molecule has 1 nitrogen and oxygen atoms in total. The van der Waals surface area contributed by atoms with Gasteiger partial charge in [0.2, 0.25) is 0 Å². The summed E-state index contributed by atoms with van der Waals surface area (Å²) in [5, 5.41) is 9.97. The lowest BCUT2D eigenvalue weighted by Crippen LogP contribution is -1.94. The summed E-state index contributed by atoms with van der Waals surface area (Å²) in [5.74, 6) is 0. The van der Waals surface area contributed by atoms with E-state index in [-0.39, 0.29) is 0 Å². The fourth-order valence-electron chi connectivity index (χ4n) is 1.90. The van der Waals surface area contributed by atoms with Crippen molar-refractivity contribution in [3.63, 3.8) is 0 Å². The van der Waals surface area contributed by atoms with Crippen LogP contribution in [0.25, 0.3) is 5.57 Å². The Hall–Kier alpha value is -1.60. The van der Waals surface area contributed by atoms with E-state index < -0.39 is 6.10 Å². The lowest BCUT2D eigenvalue weighted by Gasteiger charge is -2.05. The summed E-state index contributed by atoms with van der Waals surface area (Å²) in [6.07, 6.45) is 2.92. The first kappa shape index (κ1) is 8.97. The molecule has 1 atom stereocenters. The molecule has 0 saturated carbocycles. The Morgan fingerprint density at radius 1 is 1.14 bits per heavy atom. The average Bonchev–Trinajstić information content (AvgIpc) is 2.51. The number of hydrogen-bond donors (Lipinski definition) is 1. The van der Waals surface area contributed by atoms with E-state index in [1.54, 1.807) is 12.2 Å². The van der Waals surface area contributed by atoms with Crippen LogP contribution >= 0.6 is 0 Å². The van der Waals surface area contributed by atoms with Gasteiger partial charge in [-0.15, -0.1) is 0 Å². The number of aliphatic hydroxyl groups is 1. The maximum absolute atomic E-state index is 9.97. The second kappa shape index (κ2) is 3.28. The highest BCUT2D eigenvalue weighted by atomic mass is 16.3. The average molecular weight is 184 g/mol. The predicted molar refractivity (Wildman–Crippen MR) is 58.7 cm³/mol. The molecule has 14 heavy (non-hydrogen) atoms. The van der Waals surface area contributed by atoms with Crippen LogP contribution in [0.2, 0.25) is 0 Å². The van der Waals surface area contributed by atoms with Crippen molar-refractivity contribution in [2.75, 3.05) is 0 Å². The number of aliphatic hydroxyl groups excluding tert-OH is 1. The molecule has 0 aromatic heterocycles. The molecule has 0 aliphatic heterocycles. The minimum Gasteiger partial charge on any atom is -0.384 e. The van der Waals surface area contributed by atoms with Crippen LogP contribution in [0.5, 0.6) is 0 Å². The van der Waals surface area contributed by atoms with Crippen molar-refractivity contribution >= 4 is 5.57 Å². The summed E-state index contributed by atoms with van der Waals surface area (Å²) in [6, 6.07) is 7.81. The van der Waals surface area contributed by atoms with E-state index in [1.165, 1.54) is 0 Å². The van der Waals surface area contributed by atoms with Crippen LogP contribution in [-0.4, -0.2) is 5.11 Å². The summed E-state index contributed by atoms with van der Waals surface area (Å²) < 4.78 is 0. The van der Waals surface area contributed by atoms with Gasteiger partial charge in [0.25, 0.3) is 0 Å². The number of rotatable bonds is 2. The van der Waals surface area contributed by atoms with Gasteiger partial charge in [0.15, 0.2) is 0 Å². The Labute approximate surface area is 83.7 Å². The van der Waals surface area contributed by atoms with E-state index in [2.05, 4.69) is 13.2 Å². The van der Waals surface area contributed by atoms with E-state index in [1.807, 2.05) is 24.3 Å². The maximum Gasteiger partial charge on any atom is 0.105 e. The smallest absolute Gasteiger partial charge is 0.105 e. The van der Waals surface area contributed by atoms with Gasteiger partial charge in [-0.3, -0.25) is 0 Å². The highest BCUT2D eigenvalue weighted by molar-refractivity contribution is 5.85. The largest absolute Gasteiger partial charge is 0.384 e. The van der Waals surface area contributed by atoms with Crippen LogP contribution in [0.15, 0.2) is 55.1 Å². The topological polar surface area (TPSA) is 20.2 Å². The SMILES string of the molecule is C=CC1=C(C=C)C(O)c2ccccc21. The zero-order valence-electron chi connectivity index (χ0n) is 7.90. The fraction of sp³-hybridized carbons (Fsp3) is 0.0769. The minimum atomic E-state index is -0.545. The molecule has 1 heteroatoms. The highest BCUT2D eigenvalue weighted by Crippen LogP contribution is 2.40. The number of benzene rings is 1. The lowest BCUT2D eigenvalue weighted by atomic mass is 10.1. The van der Waals surface area contributed by atoms with Crippen LogP contribution in [0.1, 0.15) is 17.2 Å². The third-order valence-corrected chi connectivity index (χ3v) is 2.58. The van der Waals surface area contributed by atoms with Crippen molar-refractivity contribution in [1.29, 1.82) is 0 Å². The second-order valence-electron chi connectivity index (χ2n) is 3.27. The Morgan fingerprint density at radius 3 is 2.50 bits per heavy atom. The van der Waals surface area contributed by atoms with Gasteiger partial charge in [0.05, 0.1) is 0 Å². The molecule has 1 unspecified atom stereocenters. The molecule has 0 spiro atoms. The summed E-state index contributed by atoms with van der Waals surface area (Å²) in [7, 11) is 0. The van der Waals surface area contributed by atoms with E-state index in [0.717, 1.165) is 22.3 Å².